The van der Waals surface area contributed by atoms with E-state index in [1.807, 2.05) is 17.9 Å². The van der Waals surface area contributed by atoms with E-state index in [0.717, 1.165) is 41.8 Å². The van der Waals surface area contributed by atoms with Crippen LogP contribution in [0.3, 0.4) is 0 Å². The maximum atomic E-state index is 10.00. The van der Waals surface area contributed by atoms with Gasteiger partial charge in [-0.05, 0) is 36.0 Å². The molecule has 1 saturated carbocycles. The van der Waals surface area contributed by atoms with Crippen molar-refractivity contribution in [3.8, 4) is 6.07 Å². The second kappa shape index (κ2) is 8.57. The van der Waals surface area contributed by atoms with Crippen molar-refractivity contribution >= 4 is 39.2 Å². The molecule has 130 valence electrons. The first-order chi connectivity index (χ1) is 11.5. The Kier molecular flexibility index (Phi) is 7.19. The van der Waals surface area contributed by atoms with Crippen LogP contribution in [0.4, 0.5) is 5.82 Å². The van der Waals surface area contributed by atoms with E-state index in [1.54, 1.807) is 0 Å². The van der Waals surface area contributed by atoms with Gasteiger partial charge in [0.15, 0.2) is 5.15 Å². The van der Waals surface area contributed by atoms with Crippen molar-refractivity contribution in [1.82, 2.24) is 9.36 Å². The summed E-state index contributed by atoms with van der Waals surface area (Å²) in [5.41, 5.74) is 1.24. The number of pyridine rings is 1. The Labute approximate surface area is 182 Å². The van der Waals surface area contributed by atoms with Crippen molar-refractivity contribution in [1.29, 1.82) is 5.26 Å². The van der Waals surface area contributed by atoms with Gasteiger partial charge >= 0.3 is 31.1 Å². The molecule has 2 heterocycles. The van der Waals surface area contributed by atoms with Crippen LogP contribution in [0.25, 0.3) is 10.2 Å². The Morgan fingerprint density at radius 1 is 1.44 bits per heavy atom. The summed E-state index contributed by atoms with van der Waals surface area (Å²) in [6, 6.07) is 4.67. The first-order valence-electron chi connectivity index (χ1n) is 8.29. The van der Waals surface area contributed by atoms with Crippen LogP contribution in [-0.2, 0) is 5.41 Å². The fourth-order valence-electron chi connectivity index (χ4n) is 3.54. The zero-order valence-electron chi connectivity index (χ0n) is 14.4. The topological polar surface area (TPSA) is 52.8 Å². The number of nitrogens with zero attached hydrogens (tertiary/aromatic N) is 4. The van der Waals surface area contributed by atoms with Crippen LogP contribution in [0.15, 0.2) is 6.07 Å². The third kappa shape index (κ3) is 3.86. The molecule has 7 heteroatoms. The van der Waals surface area contributed by atoms with Crippen molar-refractivity contribution in [2.75, 3.05) is 11.4 Å². The molecule has 1 aliphatic carbocycles. The SMILES string of the molecule is [CH2-]CN(c1cc(C2(C#N)CCCCC2)c2snc(Cl)c2n1)[C@@H]([CH2-])C.[U+2]. The second-order valence-electron chi connectivity index (χ2n) is 6.48. The molecule has 4 nitrogen and oxygen atoms in total. The van der Waals surface area contributed by atoms with Crippen LogP contribution in [0.2, 0.25) is 5.15 Å². The molecule has 0 radical (unpaired) electrons. The maximum Gasteiger partial charge on any atom is 2.00 e. The van der Waals surface area contributed by atoms with Gasteiger partial charge in [0, 0.05) is 0 Å². The standard InChI is InChI=1S/C18H21ClN4S.U/c1-4-23(12(2)3)14-10-13(16-15(21-14)17(19)22-24-16)18(11-20)8-6-5-7-9-18;/h10,12H,1-2,4-9H2,3H3;/q-2;+2/t12-;/m0./s1. The Morgan fingerprint density at radius 3 is 2.68 bits per heavy atom. The number of hydrogen-bond acceptors (Lipinski definition) is 5. The molecule has 25 heavy (non-hydrogen) atoms. The van der Waals surface area contributed by atoms with E-state index in [9.17, 15) is 5.26 Å². The zero-order chi connectivity index (χ0) is 17.3. The normalized spacial score (nSPS) is 17.6. The molecule has 1 fully saturated rings. The van der Waals surface area contributed by atoms with Crippen LogP contribution in [0.1, 0.15) is 44.6 Å². The first kappa shape index (κ1) is 21.0. The average Bonchev–Trinajstić information content (AvgIpc) is 2.96. The fraction of sp³-hybridized carbons (Fsp3) is 0.500. The molecule has 0 spiro atoms. The Hall–Kier alpha value is -0.328. The minimum absolute atomic E-state index is 0. The van der Waals surface area contributed by atoms with E-state index < -0.39 is 5.41 Å². The Morgan fingerprint density at radius 2 is 2.12 bits per heavy atom. The molecular formula is C18H21ClN4SU. The summed E-state index contributed by atoms with van der Waals surface area (Å²) in [5.74, 6) is 0.775. The summed E-state index contributed by atoms with van der Waals surface area (Å²) < 4.78 is 5.21. The molecule has 1 atom stereocenters. The van der Waals surface area contributed by atoms with Gasteiger partial charge in [0.1, 0.15) is 11.3 Å². The molecule has 3 rings (SSSR count). The van der Waals surface area contributed by atoms with Crippen molar-refractivity contribution in [2.45, 2.75) is 50.5 Å². The van der Waals surface area contributed by atoms with Crippen molar-refractivity contribution in [3.63, 3.8) is 0 Å². The van der Waals surface area contributed by atoms with Gasteiger partial charge in [0.05, 0.1) is 16.2 Å². The zero-order valence-corrected chi connectivity index (χ0v) is 20.1. The predicted octanol–water partition coefficient (Wildman–Crippen LogP) is 4.93. The van der Waals surface area contributed by atoms with Gasteiger partial charge in [-0.15, -0.1) is 12.6 Å². The van der Waals surface area contributed by atoms with E-state index in [1.165, 1.54) is 18.0 Å². The summed E-state index contributed by atoms with van der Waals surface area (Å²) >= 11 is 7.61. The van der Waals surface area contributed by atoms with E-state index >= 15 is 0 Å². The number of hydrogen-bond donors (Lipinski definition) is 0. The molecule has 0 unspecified atom stereocenters. The quantitative estimate of drug-likeness (QED) is 0.469. The second-order valence-corrected chi connectivity index (χ2v) is 7.61. The molecule has 2 aromatic rings. The smallest absolute Gasteiger partial charge is 0.414 e. The third-order valence-corrected chi connectivity index (χ3v) is 6.11. The molecule has 0 saturated heterocycles. The summed E-state index contributed by atoms with van der Waals surface area (Å²) in [6.45, 7) is 10.6. The van der Waals surface area contributed by atoms with Crippen LogP contribution >= 0.6 is 23.1 Å². The number of nitriles is 1. The summed E-state index contributed by atoms with van der Waals surface area (Å²) in [5, 5.41) is 10.4. The molecule has 0 N–H and O–H groups in total. The van der Waals surface area contributed by atoms with Gasteiger partial charge in [-0.2, -0.15) is 9.64 Å². The average molecular weight is 599 g/mol. The van der Waals surface area contributed by atoms with E-state index in [2.05, 4.69) is 24.3 Å². The molecule has 0 aliphatic heterocycles. The third-order valence-electron chi connectivity index (χ3n) is 4.88. The Bertz CT molecular complexity index is 777. The van der Waals surface area contributed by atoms with Gasteiger partial charge in [-0.25, -0.2) is 4.98 Å². The van der Waals surface area contributed by atoms with E-state index in [4.69, 9.17) is 16.6 Å². The van der Waals surface area contributed by atoms with E-state index in [-0.39, 0.29) is 37.2 Å². The van der Waals surface area contributed by atoms with Crippen LogP contribution in [-0.4, -0.2) is 21.9 Å². The van der Waals surface area contributed by atoms with Gasteiger partial charge in [-0.1, -0.05) is 37.8 Å². The fourth-order valence-corrected chi connectivity index (χ4v) is 4.68. The summed E-state index contributed by atoms with van der Waals surface area (Å²) in [6.07, 6.45) is 5.09. The number of rotatable bonds is 4. The summed E-state index contributed by atoms with van der Waals surface area (Å²) in [7, 11) is 0. The van der Waals surface area contributed by atoms with E-state index in [0.29, 0.717) is 17.2 Å². The molecule has 1 aliphatic rings. The van der Waals surface area contributed by atoms with Gasteiger partial charge in [0.25, 0.3) is 0 Å². The number of anilines is 1. The molecule has 2 aromatic heterocycles. The maximum absolute atomic E-state index is 10.00. The number of halogens is 1. The van der Waals surface area contributed by atoms with Crippen LogP contribution in [0.5, 0.6) is 0 Å². The summed E-state index contributed by atoms with van der Waals surface area (Å²) in [4.78, 5) is 6.72. The van der Waals surface area contributed by atoms with Crippen molar-refractivity contribution < 1.29 is 31.1 Å². The number of aromatic nitrogens is 2. The Balaban J connectivity index is 0.00000225. The minimum atomic E-state index is -0.471. The monoisotopic (exact) mass is 598 g/mol. The first-order valence-corrected chi connectivity index (χ1v) is 9.44. The largest absolute Gasteiger partial charge is 2.00 e. The van der Waals surface area contributed by atoms with Gasteiger partial charge in [0.2, 0.25) is 0 Å². The van der Waals surface area contributed by atoms with Gasteiger partial charge < -0.3 is 18.7 Å². The van der Waals surface area contributed by atoms with Crippen molar-refractivity contribution in [3.05, 3.63) is 30.6 Å². The van der Waals surface area contributed by atoms with Gasteiger partial charge in [-0.3, -0.25) is 0 Å². The van der Waals surface area contributed by atoms with Crippen molar-refractivity contribution in [2.24, 2.45) is 0 Å². The molecule has 0 bridgehead atoms. The molecular weight excluding hydrogens is 578 g/mol. The molecule has 0 aromatic carbocycles. The van der Waals surface area contributed by atoms with Crippen LogP contribution in [0, 0.1) is 56.3 Å². The van der Waals surface area contributed by atoms with Crippen LogP contribution < -0.4 is 4.90 Å². The molecule has 0 amide bonds. The number of fused-ring (bicyclic) bond motifs is 1. The minimum Gasteiger partial charge on any atom is -0.414 e. The predicted molar refractivity (Wildman–Crippen MR) is 100 cm³/mol.